The molecular weight excluding hydrogens is 198 g/mol. The summed E-state index contributed by atoms with van der Waals surface area (Å²) < 4.78 is 1.74. The minimum atomic E-state index is 0.456. The highest BCUT2D eigenvalue weighted by molar-refractivity contribution is 5.61. The predicted molar refractivity (Wildman–Crippen MR) is 62.7 cm³/mol. The molecule has 3 heteroatoms. The van der Waals surface area contributed by atoms with Crippen LogP contribution >= 0.6 is 0 Å². The fourth-order valence-corrected chi connectivity index (χ4v) is 1.70. The highest BCUT2D eigenvalue weighted by Gasteiger charge is 2.06. The molecule has 0 spiro atoms. The molecule has 3 nitrogen and oxygen atoms in total. The lowest BCUT2D eigenvalue weighted by molar-refractivity contribution is 0.771. The van der Waals surface area contributed by atoms with Crippen molar-refractivity contribution in [2.45, 2.75) is 13.3 Å². The third kappa shape index (κ3) is 1.82. The Morgan fingerprint density at radius 1 is 1.31 bits per heavy atom. The topological polar surface area (TPSA) is 41.6 Å². The van der Waals surface area contributed by atoms with Gasteiger partial charge in [-0.05, 0) is 17.5 Å². The smallest absolute Gasteiger partial charge is 0.163 e. The minimum Gasteiger partial charge on any atom is -0.267 e. The third-order valence-electron chi connectivity index (χ3n) is 2.65. The first kappa shape index (κ1) is 10.4. The van der Waals surface area contributed by atoms with Gasteiger partial charge in [0.1, 0.15) is 6.07 Å². The van der Waals surface area contributed by atoms with Crippen molar-refractivity contribution in [3.63, 3.8) is 0 Å². The van der Waals surface area contributed by atoms with Crippen LogP contribution in [0.2, 0.25) is 0 Å². The number of aromatic nitrogens is 2. The maximum atomic E-state index is 8.78. The quantitative estimate of drug-likeness (QED) is 0.766. The van der Waals surface area contributed by atoms with Crippen molar-refractivity contribution in [3.05, 3.63) is 41.6 Å². The van der Waals surface area contributed by atoms with Gasteiger partial charge in [0, 0.05) is 13.1 Å². The largest absolute Gasteiger partial charge is 0.267 e. The maximum absolute atomic E-state index is 8.78. The molecule has 0 radical (unpaired) electrons. The molecule has 0 fully saturated rings. The molecule has 1 aromatic carbocycles. The molecule has 2 rings (SSSR count). The third-order valence-corrected chi connectivity index (χ3v) is 2.65. The van der Waals surface area contributed by atoms with Gasteiger partial charge in [-0.3, -0.25) is 4.68 Å². The Hall–Kier alpha value is -2.08. The van der Waals surface area contributed by atoms with Gasteiger partial charge in [-0.2, -0.15) is 10.4 Å². The van der Waals surface area contributed by atoms with Crippen LogP contribution in [0.1, 0.15) is 18.2 Å². The van der Waals surface area contributed by atoms with Crippen molar-refractivity contribution >= 4 is 0 Å². The zero-order valence-electron chi connectivity index (χ0n) is 9.44. The molecule has 0 saturated heterocycles. The molecule has 0 saturated carbocycles. The van der Waals surface area contributed by atoms with Gasteiger partial charge >= 0.3 is 0 Å². The van der Waals surface area contributed by atoms with Crippen molar-refractivity contribution in [1.82, 2.24) is 9.78 Å². The van der Waals surface area contributed by atoms with Gasteiger partial charge in [0.2, 0.25) is 0 Å². The van der Waals surface area contributed by atoms with Crippen LogP contribution in [-0.2, 0) is 13.5 Å². The van der Waals surface area contributed by atoms with E-state index in [0.29, 0.717) is 5.69 Å². The zero-order chi connectivity index (χ0) is 11.5. The normalized spacial score (nSPS) is 10.1. The Kier molecular flexibility index (Phi) is 2.74. The molecule has 0 bridgehead atoms. The van der Waals surface area contributed by atoms with Crippen molar-refractivity contribution in [2.75, 3.05) is 0 Å². The highest BCUT2D eigenvalue weighted by atomic mass is 15.3. The molecule has 0 N–H and O–H groups in total. The fourth-order valence-electron chi connectivity index (χ4n) is 1.70. The zero-order valence-corrected chi connectivity index (χ0v) is 9.44. The lowest BCUT2D eigenvalue weighted by Gasteiger charge is -2.02. The average molecular weight is 211 g/mol. The molecule has 0 atom stereocenters. The highest BCUT2D eigenvalue weighted by Crippen LogP contribution is 2.20. The number of hydrogen-bond donors (Lipinski definition) is 0. The summed E-state index contributed by atoms with van der Waals surface area (Å²) in [6.45, 7) is 2.13. The second kappa shape index (κ2) is 4.19. The monoisotopic (exact) mass is 211 g/mol. The van der Waals surface area contributed by atoms with Gasteiger partial charge in [0.15, 0.2) is 5.69 Å². The standard InChI is InChI=1S/C13H13N3/c1-3-10-4-6-11(7-5-10)13-8-12(9-14)15-16(13)2/h4-8H,3H2,1-2H3. The number of benzene rings is 1. The molecule has 1 aromatic heterocycles. The van der Waals surface area contributed by atoms with Crippen molar-refractivity contribution in [3.8, 4) is 17.3 Å². The van der Waals surface area contributed by atoms with Crippen LogP contribution < -0.4 is 0 Å². The summed E-state index contributed by atoms with van der Waals surface area (Å²) in [5.41, 5.74) is 3.83. The predicted octanol–water partition coefficient (Wildman–Crippen LogP) is 2.52. The number of nitriles is 1. The van der Waals surface area contributed by atoms with E-state index in [4.69, 9.17) is 5.26 Å². The first-order chi connectivity index (χ1) is 7.74. The molecule has 80 valence electrons. The molecule has 0 aliphatic heterocycles. The average Bonchev–Trinajstić information content (AvgIpc) is 2.71. The van der Waals surface area contributed by atoms with Crippen molar-refractivity contribution < 1.29 is 0 Å². The van der Waals surface area contributed by atoms with E-state index in [1.54, 1.807) is 10.7 Å². The molecule has 0 unspecified atom stereocenters. The van der Waals surface area contributed by atoms with Gasteiger partial charge < -0.3 is 0 Å². The Morgan fingerprint density at radius 2 is 2.00 bits per heavy atom. The summed E-state index contributed by atoms with van der Waals surface area (Å²) in [6.07, 6.45) is 1.04. The summed E-state index contributed by atoms with van der Waals surface area (Å²) in [7, 11) is 1.85. The number of rotatable bonds is 2. The second-order valence-electron chi connectivity index (χ2n) is 3.70. The van der Waals surface area contributed by atoms with E-state index in [1.807, 2.05) is 13.1 Å². The molecular formula is C13H13N3. The van der Waals surface area contributed by atoms with Crippen LogP contribution in [0.5, 0.6) is 0 Å². The summed E-state index contributed by atoms with van der Waals surface area (Å²) in [5, 5.41) is 12.9. The first-order valence-electron chi connectivity index (χ1n) is 5.28. The fraction of sp³-hybridized carbons (Fsp3) is 0.231. The Bertz CT molecular complexity index is 529. The van der Waals surface area contributed by atoms with Crippen LogP contribution in [-0.4, -0.2) is 9.78 Å². The van der Waals surface area contributed by atoms with Crippen LogP contribution in [0.25, 0.3) is 11.3 Å². The van der Waals surface area contributed by atoms with Gasteiger partial charge in [-0.1, -0.05) is 31.2 Å². The summed E-state index contributed by atoms with van der Waals surface area (Å²) in [6, 6.07) is 12.2. The number of nitrogens with zero attached hydrogens (tertiary/aromatic N) is 3. The van der Waals surface area contributed by atoms with E-state index >= 15 is 0 Å². The van der Waals surface area contributed by atoms with Crippen molar-refractivity contribution in [1.29, 1.82) is 5.26 Å². The number of hydrogen-bond acceptors (Lipinski definition) is 2. The first-order valence-corrected chi connectivity index (χ1v) is 5.28. The Labute approximate surface area is 94.9 Å². The molecule has 16 heavy (non-hydrogen) atoms. The SMILES string of the molecule is CCc1ccc(-c2cc(C#N)nn2C)cc1. The molecule has 0 amide bonds. The van der Waals surface area contributed by atoms with E-state index in [2.05, 4.69) is 36.3 Å². The number of aryl methyl sites for hydroxylation is 2. The van der Waals surface area contributed by atoms with E-state index in [9.17, 15) is 0 Å². The van der Waals surface area contributed by atoms with E-state index in [1.165, 1.54) is 5.56 Å². The Balaban J connectivity index is 2.42. The van der Waals surface area contributed by atoms with Crippen LogP contribution in [0, 0.1) is 11.3 Å². The van der Waals surface area contributed by atoms with E-state index in [0.717, 1.165) is 17.7 Å². The minimum absolute atomic E-state index is 0.456. The van der Waals surface area contributed by atoms with Gasteiger partial charge in [0.25, 0.3) is 0 Å². The molecule has 0 aliphatic carbocycles. The summed E-state index contributed by atoms with van der Waals surface area (Å²) in [5.74, 6) is 0. The van der Waals surface area contributed by atoms with Crippen LogP contribution in [0.3, 0.4) is 0 Å². The molecule has 1 heterocycles. The summed E-state index contributed by atoms with van der Waals surface area (Å²) in [4.78, 5) is 0. The van der Waals surface area contributed by atoms with Crippen LogP contribution in [0.15, 0.2) is 30.3 Å². The Morgan fingerprint density at radius 3 is 2.50 bits per heavy atom. The lowest BCUT2D eigenvalue weighted by Crippen LogP contribution is -1.93. The van der Waals surface area contributed by atoms with Crippen molar-refractivity contribution in [2.24, 2.45) is 7.05 Å². The molecule has 0 aliphatic rings. The summed E-state index contributed by atoms with van der Waals surface area (Å²) >= 11 is 0. The second-order valence-corrected chi connectivity index (χ2v) is 3.70. The van der Waals surface area contributed by atoms with E-state index < -0.39 is 0 Å². The van der Waals surface area contributed by atoms with Gasteiger partial charge in [0.05, 0.1) is 5.69 Å². The van der Waals surface area contributed by atoms with Gasteiger partial charge in [-0.25, -0.2) is 0 Å². The lowest BCUT2D eigenvalue weighted by atomic mass is 10.1. The maximum Gasteiger partial charge on any atom is 0.163 e. The van der Waals surface area contributed by atoms with Crippen LogP contribution in [0.4, 0.5) is 0 Å². The van der Waals surface area contributed by atoms with E-state index in [-0.39, 0.29) is 0 Å². The van der Waals surface area contributed by atoms with Gasteiger partial charge in [-0.15, -0.1) is 0 Å². The molecule has 2 aromatic rings.